The topological polar surface area (TPSA) is 113 Å². The highest BCUT2D eigenvalue weighted by Crippen LogP contribution is 2.46. The van der Waals surface area contributed by atoms with Crippen molar-refractivity contribution >= 4 is 45.0 Å². The third-order valence-corrected chi connectivity index (χ3v) is 8.69. The second-order valence-corrected chi connectivity index (χ2v) is 12.1. The third kappa shape index (κ3) is 6.63. The van der Waals surface area contributed by atoms with Gasteiger partial charge >= 0.3 is 0 Å². The van der Waals surface area contributed by atoms with Gasteiger partial charge in [0.25, 0.3) is 5.91 Å². The largest absolute Gasteiger partial charge is 0.395 e. The molecule has 10 heteroatoms. The highest BCUT2D eigenvalue weighted by atomic mass is 79.9. The Hall–Kier alpha value is -3.83. The van der Waals surface area contributed by atoms with Crippen LogP contribution in [0.15, 0.2) is 89.4 Å². The number of hydrogen-bond acceptors (Lipinski definition) is 6. The van der Waals surface area contributed by atoms with Crippen molar-refractivity contribution < 1.29 is 24.6 Å². The maximum absolute atomic E-state index is 14.0. The van der Waals surface area contributed by atoms with Gasteiger partial charge in [-0.3, -0.25) is 14.4 Å². The van der Waals surface area contributed by atoms with Crippen LogP contribution in [-0.2, 0) is 33.1 Å². The summed E-state index contributed by atoms with van der Waals surface area (Å²) in [6.07, 6.45) is 3.45. The van der Waals surface area contributed by atoms with Crippen molar-refractivity contribution in [3.8, 4) is 0 Å². The first-order valence-electron chi connectivity index (χ1n) is 14.8. The molecule has 0 bridgehead atoms. The maximum atomic E-state index is 14.0. The summed E-state index contributed by atoms with van der Waals surface area (Å²) in [5.74, 6) is -1.27. The van der Waals surface area contributed by atoms with E-state index in [1.807, 2.05) is 66.7 Å². The Morgan fingerprint density at radius 2 is 1.86 bits per heavy atom. The van der Waals surface area contributed by atoms with Crippen molar-refractivity contribution in [3.05, 3.63) is 106 Å². The van der Waals surface area contributed by atoms with Gasteiger partial charge in [-0.2, -0.15) is 0 Å². The molecular formula is C34H37BrN4O5. The number of nitrogens with one attached hydrogen (secondary N) is 1. The number of piperazine rings is 1. The molecule has 44 heavy (non-hydrogen) atoms. The zero-order chi connectivity index (χ0) is 31.3. The predicted molar refractivity (Wildman–Crippen MR) is 173 cm³/mol. The summed E-state index contributed by atoms with van der Waals surface area (Å²) in [7, 11) is 0. The minimum Gasteiger partial charge on any atom is -0.395 e. The molecule has 9 nitrogen and oxygen atoms in total. The van der Waals surface area contributed by atoms with Crippen molar-refractivity contribution in [1.82, 2.24) is 10.2 Å². The van der Waals surface area contributed by atoms with E-state index in [1.54, 1.807) is 39.8 Å². The minimum absolute atomic E-state index is 0.00568. The highest BCUT2D eigenvalue weighted by molar-refractivity contribution is 9.10. The fraction of sp³-hybridized carbons (Fsp3) is 0.324. The van der Waals surface area contributed by atoms with Gasteiger partial charge in [0.1, 0.15) is 0 Å². The SMILES string of the molecule is C[C@@H](/C=C/CC(=O)N(CCO)Cc1ccccc1)[C@]1(O)C(=O)N(Cc2cccc(N3CCNCC3=O)c2)c2ccc(Br)cc21. The normalized spacial score (nSPS) is 19.0. The maximum Gasteiger partial charge on any atom is 0.264 e. The number of anilines is 2. The van der Waals surface area contributed by atoms with Crippen molar-refractivity contribution in [3.63, 3.8) is 0 Å². The van der Waals surface area contributed by atoms with Crippen LogP contribution in [-0.4, -0.2) is 65.6 Å². The van der Waals surface area contributed by atoms with Crippen LogP contribution in [0, 0.1) is 5.92 Å². The average Bonchev–Trinajstić information content (AvgIpc) is 3.23. The fourth-order valence-electron chi connectivity index (χ4n) is 5.82. The quantitative estimate of drug-likeness (QED) is 0.270. The predicted octanol–water partition coefficient (Wildman–Crippen LogP) is 3.72. The number of rotatable bonds is 11. The van der Waals surface area contributed by atoms with Crippen LogP contribution in [0.1, 0.15) is 30.0 Å². The molecule has 1 fully saturated rings. The van der Waals surface area contributed by atoms with Gasteiger partial charge in [-0.25, -0.2) is 0 Å². The lowest BCUT2D eigenvalue weighted by Crippen LogP contribution is -2.48. The van der Waals surface area contributed by atoms with Crippen molar-refractivity contribution in [2.45, 2.75) is 32.0 Å². The molecule has 230 valence electrons. The summed E-state index contributed by atoms with van der Waals surface area (Å²) < 4.78 is 0.732. The number of nitrogens with zero attached hydrogens (tertiary/aromatic N) is 3. The highest BCUT2D eigenvalue weighted by Gasteiger charge is 2.52. The molecule has 0 saturated carbocycles. The monoisotopic (exact) mass is 660 g/mol. The number of fused-ring (bicyclic) bond motifs is 1. The summed E-state index contributed by atoms with van der Waals surface area (Å²) in [5, 5.41) is 24.6. The Kier molecular flexibility index (Phi) is 9.95. The van der Waals surface area contributed by atoms with Crippen LogP contribution in [0.5, 0.6) is 0 Å². The Balaban J connectivity index is 1.34. The standard InChI is InChI=1S/C34H37BrN4O5/c1-24(7-5-12-31(41)37(17-18-40)22-25-8-3-2-4-9-25)34(44)29-20-27(35)13-14-30(29)39(33(34)43)23-26-10-6-11-28(19-26)38-16-15-36-21-32(38)42/h2-11,13-14,19-20,24,36,40,44H,12,15-18,21-23H2,1H3/b7-5+/t24-,34+/m0/s1. The van der Waals surface area contributed by atoms with Gasteiger partial charge in [-0.1, -0.05) is 77.5 Å². The van der Waals surface area contributed by atoms with Gasteiger partial charge < -0.3 is 30.2 Å². The van der Waals surface area contributed by atoms with Crippen LogP contribution < -0.4 is 15.1 Å². The molecule has 2 atom stereocenters. The fourth-order valence-corrected chi connectivity index (χ4v) is 6.18. The minimum atomic E-state index is -1.85. The molecule has 0 unspecified atom stereocenters. The summed E-state index contributed by atoms with van der Waals surface area (Å²) in [6.45, 7) is 3.98. The summed E-state index contributed by atoms with van der Waals surface area (Å²) in [4.78, 5) is 44.4. The Morgan fingerprint density at radius 1 is 1.09 bits per heavy atom. The van der Waals surface area contributed by atoms with Crippen molar-refractivity contribution in [2.75, 3.05) is 42.6 Å². The van der Waals surface area contributed by atoms with E-state index in [1.165, 1.54) is 0 Å². The number of aliphatic hydroxyl groups excluding tert-OH is 1. The molecular weight excluding hydrogens is 624 g/mol. The Bertz CT molecular complexity index is 1550. The molecule has 3 amide bonds. The van der Waals surface area contributed by atoms with Gasteiger partial charge in [0.2, 0.25) is 11.8 Å². The summed E-state index contributed by atoms with van der Waals surface area (Å²) >= 11 is 3.49. The molecule has 3 aromatic rings. The first kappa shape index (κ1) is 31.6. The van der Waals surface area contributed by atoms with E-state index in [0.29, 0.717) is 30.9 Å². The number of carbonyl (C=O) groups is 3. The number of carbonyl (C=O) groups excluding carboxylic acids is 3. The molecule has 0 spiro atoms. The Morgan fingerprint density at radius 3 is 2.61 bits per heavy atom. The second-order valence-electron chi connectivity index (χ2n) is 11.2. The van der Waals surface area contributed by atoms with E-state index in [9.17, 15) is 24.6 Å². The van der Waals surface area contributed by atoms with Crippen LogP contribution >= 0.6 is 15.9 Å². The van der Waals surface area contributed by atoms with E-state index < -0.39 is 17.4 Å². The number of benzene rings is 3. The average molecular weight is 662 g/mol. The van der Waals surface area contributed by atoms with Gasteiger partial charge in [0.05, 0.1) is 25.4 Å². The van der Waals surface area contributed by atoms with Crippen LogP contribution in [0.4, 0.5) is 11.4 Å². The molecule has 0 aromatic heterocycles. The van der Waals surface area contributed by atoms with E-state index in [4.69, 9.17) is 0 Å². The first-order chi connectivity index (χ1) is 21.2. The van der Waals surface area contributed by atoms with Crippen LogP contribution in [0.2, 0.25) is 0 Å². The third-order valence-electron chi connectivity index (χ3n) is 8.20. The Labute approximate surface area is 265 Å². The molecule has 1 saturated heterocycles. The van der Waals surface area contributed by atoms with E-state index >= 15 is 0 Å². The van der Waals surface area contributed by atoms with E-state index in [-0.39, 0.29) is 44.5 Å². The van der Waals surface area contributed by atoms with Crippen molar-refractivity contribution in [1.29, 1.82) is 0 Å². The van der Waals surface area contributed by atoms with E-state index in [0.717, 1.165) is 21.3 Å². The molecule has 3 aromatic carbocycles. The molecule has 5 rings (SSSR count). The lowest BCUT2D eigenvalue weighted by Gasteiger charge is -2.29. The number of hydrogen-bond donors (Lipinski definition) is 3. The molecule has 0 radical (unpaired) electrons. The molecule has 3 N–H and O–H groups in total. The molecule has 0 aliphatic carbocycles. The number of amides is 3. The lowest BCUT2D eigenvalue weighted by molar-refractivity contribution is -0.139. The van der Waals surface area contributed by atoms with E-state index in [2.05, 4.69) is 21.2 Å². The lowest BCUT2D eigenvalue weighted by atomic mass is 9.83. The number of aliphatic hydroxyl groups is 2. The van der Waals surface area contributed by atoms with Gasteiger partial charge in [-0.05, 0) is 41.5 Å². The zero-order valence-electron chi connectivity index (χ0n) is 24.7. The van der Waals surface area contributed by atoms with Gasteiger partial charge in [0, 0.05) is 54.2 Å². The molecule has 2 aliphatic heterocycles. The smallest absolute Gasteiger partial charge is 0.264 e. The summed E-state index contributed by atoms with van der Waals surface area (Å²) in [6, 6.07) is 22.6. The first-order valence-corrected chi connectivity index (χ1v) is 15.5. The van der Waals surface area contributed by atoms with Gasteiger partial charge in [-0.15, -0.1) is 0 Å². The summed E-state index contributed by atoms with van der Waals surface area (Å²) in [5.41, 5.74) is 1.81. The van der Waals surface area contributed by atoms with Gasteiger partial charge in [0.15, 0.2) is 5.60 Å². The zero-order valence-corrected chi connectivity index (χ0v) is 26.2. The second kappa shape index (κ2) is 13.9. The number of halogens is 1. The van der Waals surface area contributed by atoms with Crippen LogP contribution in [0.25, 0.3) is 0 Å². The molecule has 2 heterocycles. The van der Waals surface area contributed by atoms with Crippen molar-refractivity contribution in [2.24, 2.45) is 5.92 Å². The molecule has 2 aliphatic rings. The van der Waals surface area contributed by atoms with Crippen LogP contribution in [0.3, 0.4) is 0 Å².